The van der Waals surface area contributed by atoms with Crippen molar-refractivity contribution in [1.82, 2.24) is 4.90 Å². The lowest BCUT2D eigenvalue weighted by Gasteiger charge is -2.33. The summed E-state index contributed by atoms with van der Waals surface area (Å²) in [7, 11) is 1.42. The number of amides is 1. The molecule has 1 fully saturated rings. The van der Waals surface area contributed by atoms with Gasteiger partial charge in [0.25, 0.3) is 5.91 Å². The van der Waals surface area contributed by atoms with Crippen LogP contribution in [0.25, 0.3) is 0 Å². The van der Waals surface area contributed by atoms with Crippen molar-refractivity contribution in [3.05, 3.63) is 64.7 Å². The second-order valence-corrected chi connectivity index (χ2v) is 6.78. The average molecular weight is 383 g/mol. The number of methoxy groups -OCH3 is 1. The summed E-state index contributed by atoms with van der Waals surface area (Å²) in [6.45, 7) is 1.01. The molecule has 0 saturated carbocycles. The molecule has 0 bridgehead atoms. The number of hydrogen-bond donors (Lipinski definition) is 2. The normalized spacial score (nSPS) is 16.5. The Morgan fingerprint density at radius 2 is 1.71 bits per heavy atom. The number of piperidine rings is 1. The minimum atomic E-state index is -1.13. The molecule has 2 N–H and O–H groups in total. The Morgan fingerprint density at radius 3 is 2.39 bits per heavy atom. The smallest absolute Gasteiger partial charge is 0.335 e. The Balaban J connectivity index is 1.83. The number of aromatic carboxylic acids is 2. The van der Waals surface area contributed by atoms with E-state index in [9.17, 15) is 24.6 Å². The molecule has 2 aromatic rings. The van der Waals surface area contributed by atoms with Gasteiger partial charge in [-0.1, -0.05) is 12.1 Å². The summed E-state index contributed by atoms with van der Waals surface area (Å²) in [4.78, 5) is 37.2. The maximum Gasteiger partial charge on any atom is 0.335 e. The topological polar surface area (TPSA) is 104 Å². The van der Waals surface area contributed by atoms with Gasteiger partial charge in [-0.05, 0) is 48.7 Å². The van der Waals surface area contributed by atoms with Gasteiger partial charge in [-0.3, -0.25) is 4.79 Å². The predicted molar refractivity (Wildman–Crippen MR) is 101 cm³/mol. The molecule has 1 aliphatic rings. The third kappa shape index (κ3) is 4.14. The van der Waals surface area contributed by atoms with E-state index in [1.807, 2.05) is 6.07 Å². The van der Waals surface area contributed by atoms with Crippen LogP contribution in [-0.4, -0.2) is 53.2 Å². The molecule has 1 heterocycles. The molecular weight excluding hydrogens is 362 g/mol. The van der Waals surface area contributed by atoms with E-state index in [2.05, 4.69) is 0 Å². The molecule has 1 aliphatic heterocycles. The number of benzene rings is 2. The van der Waals surface area contributed by atoms with Crippen molar-refractivity contribution in [3.8, 4) is 5.75 Å². The largest absolute Gasteiger partial charge is 0.497 e. The zero-order valence-corrected chi connectivity index (χ0v) is 15.4. The van der Waals surface area contributed by atoms with Gasteiger partial charge >= 0.3 is 11.9 Å². The van der Waals surface area contributed by atoms with Gasteiger partial charge < -0.3 is 19.8 Å². The van der Waals surface area contributed by atoms with Crippen molar-refractivity contribution < 1.29 is 29.3 Å². The Bertz CT molecular complexity index is 923. The molecule has 146 valence electrons. The Labute approximate surface area is 162 Å². The molecular formula is C21H21NO6. The van der Waals surface area contributed by atoms with E-state index in [1.54, 1.807) is 23.1 Å². The molecule has 7 nitrogen and oxygen atoms in total. The highest BCUT2D eigenvalue weighted by Gasteiger charge is 2.27. The molecule has 28 heavy (non-hydrogen) atoms. The van der Waals surface area contributed by atoms with Crippen molar-refractivity contribution in [2.24, 2.45) is 0 Å². The van der Waals surface area contributed by atoms with Crippen LogP contribution in [0.5, 0.6) is 5.75 Å². The number of carboxylic acids is 2. The first-order valence-electron chi connectivity index (χ1n) is 8.94. The molecule has 0 aliphatic carbocycles. The third-order valence-corrected chi connectivity index (χ3v) is 4.95. The summed E-state index contributed by atoms with van der Waals surface area (Å²) in [6, 6.07) is 11.0. The monoisotopic (exact) mass is 383 g/mol. The minimum absolute atomic E-state index is 0.00887. The number of carbonyl (C=O) groups is 3. The number of ether oxygens (including phenoxy) is 1. The van der Waals surface area contributed by atoms with Gasteiger partial charge in [-0.15, -0.1) is 0 Å². The van der Waals surface area contributed by atoms with Crippen LogP contribution in [0.1, 0.15) is 55.4 Å². The van der Waals surface area contributed by atoms with E-state index in [4.69, 9.17) is 4.74 Å². The zero-order valence-electron chi connectivity index (χ0n) is 15.4. The Hall–Kier alpha value is -3.35. The molecule has 1 saturated heterocycles. The molecule has 0 aromatic heterocycles. The Kier molecular flexibility index (Phi) is 5.63. The van der Waals surface area contributed by atoms with Gasteiger partial charge in [0.05, 0.1) is 18.2 Å². The highest BCUT2D eigenvalue weighted by atomic mass is 16.5. The quantitative estimate of drug-likeness (QED) is 0.822. The lowest BCUT2D eigenvalue weighted by Crippen LogP contribution is -2.39. The van der Waals surface area contributed by atoms with Crippen LogP contribution in [0.3, 0.4) is 0 Å². The van der Waals surface area contributed by atoms with Gasteiger partial charge in [-0.25, -0.2) is 9.59 Å². The second-order valence-electron chi connectivity index (χ2n) is 6.78. The van der Waals surface area contributed by atoms with Crippen LogP contribution in [-0.2, 0) is 0 Å². The molecule has 0 spiro atoms. The van der Waals surface area contributed by atoms with E-state index in [-0.39, 0.29) is 28.5 Å². The SMILES string of the molecule is COc1cc(C(=O)O)cc(C(=O)N2CCCC(c3cccc(C(=O)O)c3)C2)c1. The van der Waals surface area contributed by atoms with Crippen molar-refractivity contribution in [2.75, 3.05) is 20.2 Å². The maximum absolute atomic E-state index is 13.0. The molecule has 1 unspecified atom stereocenters. The molecule has 7 heteroatoms. The van der Waals surface area contributed by atoms with Gasteiger partial charge in [0.15, 0.2) is 0 Å². The predicted octanol–water partition coefficient (Wildman–Crippen LogP) is 3.11. The minimum Gasteiger partial charge on any atom is -0.497 e. The van der Waals surface area contributed by atoms with Crippen LogP contribution in [0, 0.1) is 0 Å². The van der Waals surface area contributed by atoms with Gasteiger partial charge in [0.1, 0.15) is 5.75 Å². The van der Waals surface area contributed by atoms with Crippen molar-refractivity contribution in [1.29, 1.82) is 0 Å². The number of carbonyl (C=O) groups excluding carboxylic acids is 1. The van der Waals surface area contributed by atoms with Crippen LogP contribution in [0.2, 0.25) is 0 Å². The van der Waals surface area contributed by atoms with E-state index in [0.717, 1.165) is 18.4 Å². The number of carboxylic acid groups (broad SMARTS) is 2. The summed E-state index contributed by atoms with van der Waals surface area (Å²) in [5, 5.41) is 18.4. The fraction of sp³-hybridized carbons (Fsp3) is 0.286. The first-order valence-corrected chi connectivity index (χ1v) is 8.94. The molecule has 3 rings (SSSR count). The number of hydrogen-bond acceptors (Lipinski definition) is 4. The van der Waals surface area contributed by atoms with Crippen LogP contribution in [0.4, 0.5) is 0 Å². The van der Waals surface area contributed by atoms with Crippen LogP contribution in [0.15, 0.2) is 42.5 Å². The molecule has 0 radical (unpaired) electrons. The van der Waals surface area contributed by atoms with E-state index in [0.29, 0.717) is 18.8 Å². The standard InChI is InChI=1S/C21H21NO6/c1-28-18-10-16(9-17(11-18)21(26)27)19(23)22-7-3-6-15(12-22)13-4-2-5-14(8-13)20(24)25/h2,4-5,8-11,15H,3,6-7,12H2,1H3,(H,24,25)(H,26,27). The average Bonchev–Trinajstić information content (AvgIpc) is 2.72. The third-order valence-electron chi connectivity index (χ3n) is 4.95. The van der Waals surface area contributed by atoms with E-state index >= 15 is 0 Å². The first-order chi connectivity index (χ1) is 13.4. The molecule has 1 amide bonds. The lowest BCUT2D eigenvalue weighted by atomic mass is 9.89. The number of rotatable bonds is 5. The number of likely N-dealkylation sites (tertiary alicyclic amines) is 1. The van der Waals surface area contributed by atoms with Crippen molar-refractivity contribution in [2.45, 2.75) is 18.8 Å². The maximum atomic E-state index is 13.0. The van der Waals surface area contributed by atoms with Crippen molar-refractivity contribution >= 4 is 17.8 Å². The number of nitrogens with zero attached hydrogens (tertiary/aromatic N) is 1. The van der Waals surface area contributed by atoms with E-state index < -0.39 is 11.9 Å². The first kappa shape index (κ1) is 19.4. The van der Waals surface area contributed by atoms with Gasteiger partial charge in [-0.2, -0.15) is 0 Å². The van der Waals surface area contributed by atoms with Crippen LogP contribution < -0.4 is 4.74 Å². The van der Waals surface area contributed by atoms with Crippen LogP contribution >= 0.6 is 0 Å². The molecule has 1 atom stereocenters. The van der Waals surface area contributed by atoms with E-state index in [1.165, 1.54) is 25.3 Å². The second kappa shape index (κ2) is 8.12. The molecule has 2 aromatic carbocycles. The summed E-state index contributed by atoms with van der Waals surface area (Å²) in [6.07, 6.45) is 1.63. The fourth-order valence-corrected chi connectivity index (χ4v) is 3.51. The highest BCUT2D eigenvalue weighted by molar-refractivity contribution is 5.98. The summed E-state index contributed by atoms with van der Waals surface area (Å²) < 4.78 is 5.12. The lowest BCUT2D eigenvalue weighted by molar-refractivity contribution is 0.0681. The van der Waals surface area contributed by atoms with Crippen molar-refractivity contribution in [3.63, 3.8) is 0 Å². The van der Waals surface area contributed by atoms with Gasteiger partial charge in [0, 0.05) is 24.6 Å². The Morgan fingerprint density at radius 1 is 1.00 bits per heavy atom. The zero-order chi connectivity index (χ0) is 20.3. The van der Waals surface area contributed by atoms with Gasteiger partial charge in [0.2, 0.25) is 0 Å². The summed E-state index contributed by atoms with van der Waals surface area (Å²) in [5.74, 6) is -2.04. The fourth-order valence-electron chi connectivity index (χ4n) is 3.51. The summed E-state index contributed by atoms with van der Waals surface area (Å²) >= 11 is 0. The summed E-state index contributed by atoms with van der Waals surface area (Å²) in [5.41, 5.74) is 1.36. The highest BCUT2D eigenvalue weighted by Crippen LogP contribution is 2.29.